The van der Waals surface area contributed by atoms with Crippen molar-refractivity contribution < 1.29 is 43.6 Å². The average molecular weight is 838 g/mol. The van der Waals surface area contributed by atoms with Crippen LogP contribution in [0.15, 0.2) is 102 Å². The van der Waals surface area contributed by atoms with Crippen molar-refractivity contribution in [3.63, 3.8) is 0 Å². The number of nitrogens with zero attached hydrogens (tertiary/aromatic N) is 2. The largest absolute Gasteiger partial charge is 0.497 e. The van der Waals surface area contributed by atoms with E-state index in [2.05, 4.69) is 24.9 Å². The van der Waals surface area contributed by atoms with Gasteiger partial charge in [-0.25, -0.2) is 4.79 Å². The number of carbonyl (C=O) groups is 2. The van der Waals surface area contributed by atoms with Gasteiger partial charge in [0.2, 0.25) is 11.7 Å². The number of oxime groups is 1. The van der Waals surface area contributed by atoms with Gasteiger partial charge in [-0.05, 0) is 97.9 Å². The molecular formula is C49H63N3O9. The highest BCUT2D eigenvalue weighted by atomic mass is 16.7. The number of aliphatic hydroxyl groups is 2. The molecule has 0 radical (unpaired) electrons. The van der Waals surface area contributed by atoms with Crippen molar-refractivity contribution in [2.75, 3.05) is 40.1 Å². The number of hydrogen-bond acceptors (Lipinski definition) is 10. The number of rotatable bonds is 22. The number of carbonyl (C=O) groups excluding carboxylic acids is 2. The van der Waals surface area contributed by atoms with Gasteiger partial charge in [0.05, 0.1) is 31.8 Å². The highest BCUT2D eigenvalue weighted by Gasteiger charge is 2.65. The van der Waals surface area contributed by atoms with E-state index in [0.29, 0.717) is 62.6 Å². The lowest BCUT2D eigenvalue weighted by molar-refractivity contribution is -0.257. The van der Waals surface area contributed by atoms with Gasteiger partial charge in [-0.15, -0.1) is 6.58 Å². The van der Waals surface area contributed by atoms with Gasteiger partial charge >= 0.3 is 6.09 Å². The van der Waals surface area contributed by atoms with E-state index in [1.165, 1.54) is 0 Å². The molecule has 328 valence electrons. The number of fused-ring (bicyclic) bond motifs is 2. The minimum atomic E-state index is -1.39. The summed E-state index contributed by atoms with van der Waals surface area (Å²) < 4.78 is 25.8. The molecule has 6 atom stereocenters. The lowest BCUT2D eigenvalue weighted by atomic mass is 9.55. The first-order chi connectivity index (χ1) is 29.8. The predicted molar refractivity (Wildman–Crippen MR) is 235 cm³/mol. The maximum atomic E-state index is 14.8. The Hall–Kier alpha value is -5.17. The fourth-order valence-electron chi connectivity index (χ4n) is 9.52. The normalized spacial score (nSPS) is 23.1. The van der Waals surface area contributed by atoms with Crippen molar-refractivity contribution in [2.24, 2.45) is 22.9 Å². The summed E-state index contributed by atoms with van der Waals surface area (Å²) in [5, 5.41) is 27.5. The Balaban J connectivity index is 1.51. The lowest BCUT2D eigenvalue weighted by Gasteiger charge is -2.60. The summed E-state index contributed by atoms with van der Waals surface area (Å²) in [7, 11) is 1.61. The summed E-state index contributed by atoms with van der Waals surface area (Å²) in [4.78, 5) is 35.8. The van der Waals surface area contributed by atoms with Crippen LogP contribution in [0.5, 0.6) is 17.2 Å². The van der Waals surface area contributed by atoms with Crippen molar-refractivity contribution in [1.29, 1.82) is 0 Å². The van der Waals surface area contributed by atoms with E-state index in [-0.39, 0.29) is 49.9 Å². The van der Waals surface area contributed by atoms with E-state index in [4.69, 9.17) is 28.9 Å². The van der Waals surface area contributed by atoms with Crippen LogP contribution in [0.4, 0.5) is 4.79 Å². The first-order valence-electron chi connectivity index (χ1n) is 21.9. The number of allylic oxidation sites excluding steroid dienone is 1. The molecule has 0 spiro atoms. The Morgan fingerprint density at radius 2 is 1.74 bits per heavy atom. The maximum Gasteiger partial charge on any atom is 0.412 e. The summed E-state index contributed by atoms with van der Waals surface area (Å²) in [5.74, 6) is -0.495. The minimum absolute atomic E-state index is 0.0229. The molecule has 3 N–H and O–H groups in total. The number of nitrogens with one attached hydrogen (secondary N) is 1. The molecule has 12 nitrogen and oxygen atoms in total. The monoisotopic (exact) mass is 837 g/mol. The maximum absolute atomic E-state index is 14.8. The third kappa shape index (κ3) is 10.7. The highest BCUT2D eigenvalue weighted by Crippen LogP contribution is 2.62. The molecule has 6 rings (SSSR count). The SMILES string of the molecule is C=CCO[C@@]12Oc3ccc(OC(=O)NCc4ccccc4)cc3[C@H]3[C@H](CCCCO)[C@@H](CCCCO)C=C(C(=NOCC)C[C@@H]1N(CCC)C(=O)Cc1cccc(OC)c1)[C@H]32. The molecule has 2 amide bonds. The second-order valence-corrected chi connectivity index (χ2v) is 16.0. The molecule has 2 aliphatic carbocycles. The van der Waals surface area contributed by atoms with E-state index in [1.54, 1.807) is 19.3 Å². The molecule has 61 heavy (non-hydrogen) atoms. The lowest BCUT2D eigenvalue weighted by Crippen LogP contribution is -2.70. The zero-order chi connectivity index (χ0) is 43.2. The van der Waals surface area contributed by atoms with Crippen molar-refractivity contribution in [3.05, 3.63) is 114 Å². The number of aliphatic hydroxyl groups excluding tert-OH is 2. The van der Waals surface area contributed by atoms with Crippen molar-refractivity contribution in [2.45, 2.75) is 95.9 Å². The topological polar surface area (TPSA) is 148 Å². The summed E-state index contributed by atoms with van der Waals surface area (Å²) in [5.41, 5.74) is 4.32. The molecule has 1 heterocycles. The van der Waals surface area contributed by atoms with Crippen LogP contribution in [0.3, 0.4) is 0 Å². The van der Waals surface area contributed by atoms with E-state index in [0.717, 1.165) is 53.7 Å². The van der Waals surface area contributed by atoms with Gasteiger partial charge in [-0.1, -0.05) is 79.5 Å². The number of hydrogen-bond donors (Lipinski definition) is 3. The Kier molecular flexibility index (Phi) is 16.4. The van der Waals surface area contributed by atoms with Crippen LogP contribution in [0.1, 0.15) is 87.8 Å². The number of methoxy groups -OCH3 is 1. The molecule has 12 heteroatoms. The molecule has 1 fully saturated rings. The van der Waals surface area contributed by atoms with Crippen molar-refractivity contribution >= 4 is 17.7 Å². The van der Waals surface area contributed by atoms with Crippen LogP contribution in [0.2, 0.25) is 0 Å². The number of benzene rings is 3. The van der Waals surface area contributed by atoms with Gasteiger partial charge < -0.3 is 44.2 Å². The molecule has 0 saturated heterocycles. The third-order valence-corrected chi connectivity index (χ3v) is 12.1. The van der Waals surface area contributed by atoms with Gasteiger partial charge in [-0.2, -0.15) is 0 Å². The van der Waals surface area contributed by atoms with Crippen LogP contribution in [-0.2, 0) is 27.3 Å². The molecule has 0 aromatic heterocycles. The highest BCUT2D eigenvalue weighted by molar-refractivity contribution is 6.03. The fourth-order valence-corrected chi connectivity index (χ4v) is 9.52. The standard InChI is InChI=1S/C49H63N3O9/c1-5-24-52(45(55)29-35-18-15-20-37(28-35)57-4)44-32-42(51-59-7-3)40-30-36(19-11-13-25-53)39(21-12-14-26-54)46-41-31-38(60-48(56)50-33-34-16-9-8-10-17-34)22-23-43(41)61-49(44,47(40)46)58-27-6-2/h6,8-10,15-18,20,22-23,28,30-31,36,39,44,46-47,53-54H,2,5,7,11-14,19,21,24-27,29,32-33H2,1,3-4H3,(H,50,56)/t36-,39+,44-,46+,47+,49+/m0/s1. The van der Waals surface area contributed by atoms with Gasteiger partial charge in [0, 0.05) is 44.2 Å². The van der Waals surface area contributed by atoms with Crippen LogP contribution >= 0.6 is 0 Å². The van der Waals surface area contributed by atoms with Gasteiger partial charge in [0.25, 0.3) is 0 Å². The number of amides is 2. The number of ether oxygens (including phenoxy) is 4. The quantitative estimate of drug-likeness (QED) is 0.0519. The molecule has 0 unspecified atom stereocenters. The van der Waals surface area contributed by atoms with E-state index in [9.17, 15) is 19.8 Å². The third-order valence-electron chi connectivity index (χ3n) is 12.1. The second kappa shape index (κ2) is 22.1. The first-order valence-corrected chi connectivity index (χ1v) is 21.9. The molecule has 1 saturated carbocycles. The molecule has 0 bridgehead atoms. The van der Waals surface area contributed by atoms with Crippen LogP contribution < -0.4 is 19.5 Å². The smallest absolute Gasteiger partial charge is 0.412 e. The van der Waals surface area contributed by atoms with Crippen molar-refractivity contribution in [3.8, 4) is 17.2 Å². The van der Waals surface area contributed by atoms with E-state index < -0.39 is 23.8 Å². The minimum Gasteiger partial charge on any atom is -0.497 e. The summed E-state index contributed by atoms with van der Waals surface area (Å²) in [6, 6.07) is 22.1. The van der Waals surface area contributed by atoms with Crippen LogP contribution in [0.25, 0.3) is 0 Å². The zero-order valence-electron chi connectivity index (χ0n) is 35.9. The molecular weight excluding hydrogens is 775 g/mol. The number of unbranched alkanes of at least 4 members (excludes halogenated alkanes) is 2. The van der Waals surface area contributed by atoms with Gasteiger partial charge in [0.1, 0.15) is 29.9 Å². The fraction of sp³-hybridized carbons (Fsp3) is 0.490. The Bertz CT molecular complexity index is 1990. The summed E-state index contributed by atoms with van der Waals surface area (Å²) in [6.45, 7) is 9.42. The zero-order valence-corrected chi connectivity index (χ0v) is 35.9. The Morgan fingerprint density at radius 1 is 0.967 bits per heavy atom. The summed E-state index contributed by atoms with van der Waals surface area (Å²) in [6.07, 6.45) is 9.09. The molecule has 3 aliphatic rings. The second-order valence-electron chi connectivity index (χ2n) is 16.0. The van der Waals surface area contributed by atoms with Crippen LogP contribution in [0, 0.1) is 17.8 Å². The van der Waals surface area contributed by atoms with Crippen molar-refractivity contribution in [1.82, 2.24) is 10.2 Å². The average Bonchev–Trinajstić information content (AvgIpc) is 3.27. The molecule has 3 aromatic rings. The van der Waals surface area contributed by atoms with Gasteiger partial charge in [0.15, 0.2) is 0 Å². The van der Waals surface area contributed by atoms with E-state index >= 15 is 0 Å². The Labute approximate surface area is 360 Å². The van der Waals surface area contributed by atoms with Crippen LogP contribution in [-0.4, -0.2) is 84.7 Å². The predicted octanol–water partition coefficient (Wildman–Crippen LogP) is 8.12. The first kappa shape index (κ1) is 45.4. The molecule has 3 aromatic carbocycles. The van der Waals surface area contributed by atoms with E-state index in [1.807, 2.05) is 78.6 Å². The molecule has 1 aliphatic heterocycles. The summed E-state index contributed by atoms with van der Waals surface area (Å²) >= 11 is 0. The Morgan fingerprint density at radius 3 is 2.46 bits per heavy atom. The van der Waals surface area contributed by atoms with Gasteiger partial charge in [-0.3, -0.25) is 4.79 Å².